The van der Waals surface area contributed by atoms with Gasteiger partial charge >= 0.3 is 0 Å². The first-order valence-corrected chi connectivity index (χ1v) is 7.12. The molecule has 112 valence electrons. The summed E-state index contributed by atoms with van der Waals surface area (Å²) in [7, 11) is 0. The lowest BCUT2D eigenvalue weighted by Gasteiger charge is -2.10. The van der Waals surface area contributed by atoms with E-state index >= 15 is 0 Å². The van der Waals surface area contributed by atoms with Crippen LogP contribution in [0.2, 0.25) is 0 Å². The Hall–Kier alpha value is -2.30. The van der Waals surface area contributed by atoms with Gasteiger partial charge in [0.1, 0.15) is 0 Å². The number of aryl methyl sites for hydroxylation is 2. The molecule has 0 aliphatic heterocycles. The molecule has 1 amide bonds. The predicted octanol–water partition coefficient (Wildman–Crippen LogP) is 2.81. The number of hydrogen-bond donors (Lipinski definition) is 2. The molecular formula is C16H22N4O. The van der Waals surface area contributed by atoms with Crippen LogP contribution in [0.4, 0.5) is 11.4 Å². The maximum absolute atomic E-state index is 12.0. The van der Waals surface area contributed by atoms with Crippen molar-refractivity contribution in [2.45, 2.75) is 40.2 Å². The lowest BCUT2D eigenvalue weighted by Crippen LogP contribution is -2.13. The average Bonchev–Trinajstić information content (AvgIpc) is 2.76. The summed E-state index contributed by atoms with van der Waals surface area (Å²) in [6.45, 7) is 6.73. The molecule has 0 saturated heterocycles. The first kappa shape index (κ1) is 15.1. The number of hydrogen-bond acceptors (Lipinski definition) is 3. The Morgan fingerprint density at radius 2 is 2.10 bits per heavy atom. The maximum Gasteiger partial charge on any atom is 0.224 e. The van der Waals surface area contributed by atoms with Gasteiger partial charge in [-0.3, -0.25) is 4.79 Å². The summed E-state index contributed by atoms with van der Waals surface area (Å²) in [5.41, 5.74) is 10.4. The van der Waals surface area contributed by atoms with Gasteiger partial charge < -0.3 is 15.6 Å². The molecule has 2 rings (SSSR count). The highest BCUT2D eigenvalue weighted by Gasteiger charge is 2.07. The second-order valence-electron chi connectivity index (χ2n) is 5.28. The van der Waals surface area contributed by atoms with Gasteiger partial charge in [0, 0.05) is 30.0 Å². The largest absolute Gasteiger partial charge is 0.398 e. The van der Waals surface area contributed by atoms with Gasteiger partial charge in [0.2, 0.25) is 5.91 Å². The quantitative estimate of drug-likeness (QED) is 0.830. The molecular weight excluding hydrogens is 264 g/mol. The monoisotopic (exact) mass is 286 g/mol. The van der Waals surface area contributed by atoms with Gasteiger partial charge in [-0.25, -0.2) is 4.98 Å². The summed E-state index contributed by atoms with van der Waals surface area (Å²) in [5.74, 6) is 0.0122. The molecule has 0 saturated carbocycles. The molecule has 0 bridgehead atoms. The minimum Gasteiger partial charge on any atom is -0.398 e. The highest BCUT2D eigenvalue weighted by atomic mass is 16.1. The lowest BCUT2D eigenvalue weighted by molar-refractivity contribution is -0.116. The van der Waals surface area contributed by atoms with Crippen LogP contribution in [0.25, 0.3) is 0 Å². The van der Waals surface area contributed by atoms with Gasteiger partial charge in [-0.1, -0.05) is 6.07 Å². The van der Waals surface area contributed by atoms with E-state index in [1.54, 1.807) is 0 Å². The van der Waals surface area contributed by atoms with Crippen molar-refractivity contribution in [3.8, 4) is 0 Å². The smallest absolute Gasteiger partial charge is 0.224 e. The fourth-order valence-electron chi connectivity index (χ4n) is 2.18. The van der Waals surface area contributed by atoms with Crippen molar-refractivity contribution in [1.29, 1.82) is 0 Å². The Bertz CT molecular complexity index is 646. The van der Waals surface area contributed by atoms with Crippen molar-refractivity contribution >= 4 is 17.3 Å². The van der Waals surface area contributed by atoms with Gasteiger partial charge in [0.05, 0.1) is 12.0 Å². The number of nitrogens with zero attached hydrogens (tertiary/aromatic N) is 2. The van der Waals surface area contributed by atoms with Crippen LogP contribution in [0.3, 0.4) is 0 Å². The van der Waals surface area contributed by atoms with E-state index in [1.165, 1.54) is 0 Å². The molecule has 3 N–H and O–H groups in total. The predicted molar refractivity (Wildman–Crippen MR) is 85.2 cm³/mol. The highest BCUT2D eigenvalue weighted by Crippen LogP contribution is 2.20. The fraction of sp³-hybridized carbons (Fsp3) is 0.375. The number of nitrogens with two attached hydrogens (primary N) is 1. The number of anilines is 2. The normalized spacial score (nSPS) is 10.6. The molecule has 0 atom stereocenters. The van der Waals surface area contributed by atoms with Crippen LogP contribution < -0.4 is 11.1 Å². The van der Waals surface area contributed by atoms with E-state index in [9.17, 15) is 4.79 Å². The van der Waals surface area contributed by atoms with Crippen molar-refractivity contribution in [3.05, 3.63) is 41.5 Å². The fourth-order valence-corrected chi connectivity index (χ4v) is 2.18. The number of benzene rings is 1. The van der Waals surface area contributed by atoms with Gasteiger partial charge in [0.25, 0.3) is 0 Å². The molecule has 21 heavy (non-hydrogen) atoms. The zero-order valence-electron chi connectivity index (χ0n) is 12.8. The van der Waals surface area contributed by atoms with Gasteiger partial charge in [-0.15, -0.1) is 0 Å². The number of rotatable bonds is 5. The second-order valence-corrected chi connectivity index (χ2v) is 5.28. The topological polar surface area (TPSA) is 72.9 Å². The van der Waals surface area contributed by atoms with E-state index in [4.69, 9.17) is 5.73 Å². The number of amides is 1. The van der Waals surface area contributed by atoms with Gasteiger partial charge in [-0.05, 0) is 44.9 Å². The standard InChI is InChI=1S/C16H22N4O/c1-11-14(17)6-4-7-15(11)19-16(21)8-5-9-20-10-18-12(2)13(20)3/h4,6-7,10H,5,8-9,17H2,1-3H3,(H,19,21). The van der Waals surface area contributed by atoms with Crippen LogP contribution >= 0.6 is 0 Å². The van der Waals surface area contributed by atoms with Gasteiger partial charge in [0.15, 0.2) is 0 Å². The van der Waals surface area contributed by atoms with Crippen molar-refractivity contribution in [2.24, 2.45) is 0 Å². The summed E-state index contributed by atoms with van der Waals surface area (Å²) in [6, 6.07) is 5.54. The van der Waals surface area contributed by atoms with Crippen LogP contribution in [-0.2, 0) is 11.3 Å². The van der Waals surface area contributed by atoms with Gasteiger partial charge in [-0.2, -0.15) is 0 Å². The number of carbonyl (C=O) groups is 1. The van der Waals surface area contributed by atoms with Crippen molar-refractivity contribution < 1.29 is 4.79 Å². The molecule has 1 aromatic heterocycles. The number of nitrogens with one attached hydrogen (secondary N) is 1. The van der Waals surface area contributed by atoms with E-state index in [0.717, 1.165) is 35.6 Å². The molecule has 2 aromatic rings. The summed E-state index contributed by atoms with van der Waals surface area (Å²) in [4.78, 5) is 16.2. The Morgan fingerprint density at radius 3 is 2.76 bits per heavy atom. The molecule has 0 aliphatic rings. The van der Waals surface area contributed by atoms with E-state index in [-0.39, 0.29) is 5.91 Å². The number of carbonyl (C=O) groups excluding carboxylic acids is 1. The number of aromatic nitrogens is 2. The SMILES string of the molecule is Cc1ncn(CCCC(=O)Nc2cccc(N)c2C)c1C. The minimum atomic E-state index is 0.0122. The third-order valence-corrected chi connectivity index (χ3v) is 3.80. The Kier molecular flexibility index (Phi) is 4.62. The summed E-state index contributed by atoms with van der Waals surface area (Å²) in [6.07, 6.45) is 3.08. The average molecular weight is 286 g/mol. The zero-order valence-corrected chi connectivity index (χ0v) is 12.8. The molecule has 5 heteroatoms. The van der Waals surface area contributed by atoms with Crippen LogP contribution in [0.1, 0.15) is 29.8 Å². The summed E-state index contributed by atoms with van der Waals surface area (Å²) in [5, 5.41) is 2.91. The van der Waals surface area contributed by atoms with Crippen molar-refractivity contribution in [2.75, 3.05) is 11.1 Å². The summed E-state index contributed by atoms with van der Waals surface area (Å²) >= 11 is 0. The van der Waals surface area contributed by atoms with Crippen LogP contribution in [0.15, 0.2) is 24.5 Å². The maximum atomic E-state index is 12.0. The molecule has 0 radical (unpaired) electrons. The third kappa shape index (κ3) is 3.62. The molecule has 0 aliphatic carbocycles. The Morgan fingerprint density at radius 1 is 1.33 bits per heavy atom. The van der Waals surface area contributed by atoms with Crippen LogP contribution in [0.5, 0.6) is 0 Å². The first-order chi connectivity index (χ1) is 9.99. The molecule has 5 nitrogen and oxygen atoms in total. The Balaban J connectivity index is 1.85. The lowest BCUT2D eigenvalue weighted by atomic mass is 10.1. The van der Waals surface area contributed by atoms with E-state index in [1.807, 2.05) is 45.3 Å². The van der Waals surface area contributed by atoms with E-state index < -0.39 is 0 Å². The minimum absolute atomic E-state index is 0.0122. The summed E-state index contributed by atoms with van der Waals surface area (Å²) < 4.78 is 2.08. The number of nitrogen functional groups attached to an aromatic ring is 1. The highest BCUT2D eigenvalue weighted by molar-refractivity contribution is 5.92. The molecule has 0 fully saturated rings. The third-order valence-electron chi connectivity index (χ3n) is 3.80. The first-order valence-electron chi connectivity index (χ1n) is 7.12. The van der Waals surface area contributed by atoms with Crippen LogP contribution in [0, 0.1) is 20.8 Å². The van der Waals surface area contributed by atoms with Crippen molar-refractivity contribution in [1.82, 2.24) is 9.55 Å². The second kappa shape index (κ2) is 6.43. The van der Waals surface area contributed by atoms with E-state index in [0.29, 0.717) is 12.1 Å². The molecule has 1 aromatic carbocycles. The number of imidazole rings is 1. The Labute approximate surface area is 125 Å². The zero-order chi connectivity index (χ0) is 15.4. The van der Waals surface area contributed by atoms with Crippen LogP contribution in [-0.4, -0.2) is 15.5 Å². The molecule has 0 spiro atoms. The van der Waals surface area contributed by atoms with E-state index in [2.05, 4.69) is 14.9 Å². The molecule has 1 heterocycles. The molecule has 0 unspecified atom stereocenters. The van der Waals surface area contributed by atoms with Crippen molar-refractivity contribution in [3.63, 3.8) is 0 Å².